The van der Waals surface area contributed by atoms with E-state index in [1.165, 1.54) is 19.4 Å². The molecule has 0 spiro atoms. The molecule has 0 aromatic heterocycles. The highest BCUT2D eigenvalue weighted by atomic mass is 16.8. The maximum Gasteiger partial charge on any atom is 0.315 e. The molecule has 14 N–H and O–H groups in total. The Bertz CT molecular complexity index is 2340. The second kappa shape index (κ2) is 23.8. The summed E-state index contributed by atoms with van der Waals surface area (Å²) in [6, 6.07) is 0. The van der Waals surface area contributed by atoms with E-state index in [2.05, 4.69) is 54.5 Å². The first kappa shape index (κ1) is 65.2. The average molecular weight is 1210 g/mol. The fraction of sp³-hybridized carbons (Fsp3) is 0.949. The zero-order valence-electron chi connectivity index (χ0n) is 49.7. The molecule has 0 unspecified atom stereocenters. The van der Waals surface area contributed by atoms with Crippen LogP contribution in [0.5, 0.6) is 0 Å². The fourth-order valence-corrected chi connectivity index (χ4v) is 17.5. The van der Waals surface area contributed by atoms with E-state index in [1.807, 2.05) is 0 Å². The van der Waals surface area contributed by atoms with E-state index in [0.29, 0.717) is 38.5 Å². The van der Waals surface area contributed by atoms with Crippen LogP contribution >= 0.6 is 0 Å². The first-order chi connectivity index (χ1) is 39.3. The van der Waals surface area contributed by atoms with E-state index in [4.69, 9.17) is 47.4 Å². The van der Waals surface area contributed by atoms with E-state index < -0.39 is 177 Å². The average Bonchev–Trinajstić information content (AvgIpc) is 0.691. The highest BCUT2D eigenvalue weighted by Crippen LogP contribution is 2.76. The predicted octanol–water partition coefficient (Wildman–Crippen LogP) is -1.52. The Labute approximate surface area is 490 Å². The fourth-order valence-electron chi connectivity index (χ4n) is 17.5. The Morgan fingerprint density at radius 1 is 0.560 bits per heavy atom. The minimum Gasteiger partial charge on any atom is -0.432 e. The highest BCUT2D eigenvalue weighted by molar-refractivity contribution is 5.79. The second-order valence-corrected chi connectivity index (χ2v) is 28.6. The Balaban J connectivity index is 0.824. The van der Waals surface area contributed by atoms with E-state index >= 15 is 4.79 Å². The van der Waals surface area contributed by atoms with Gasteiger partial charge in [-0.25, -0.2) is 0 Å². The molecular formula is C59H96O25. The lowest BCUT2D eigenvalue weighted by Gasteiger charge is -2.71. The van der Waals surface area contributed by atoms with E-state index in [1.54, 1.807) is 0 Å². The molecule has 10 rings (SSSR count). The smallest absolute Gasteiger partial charge is 0.315 e. The van der Waals surface area contributed by atoms with Gasteiger partial charge in [0.25, 0.3) is 0 Å². The Morgan fingerprint density at radius 2 is 1.13 bits per heavy atom. The second-order valence-electron chi connectivity index (χ2n) is 28.6. The van der Waals surface area contributed by atoms with Crippen molar-refractivity contribution in [1.82, 2.24) is 0 Å². The van der Waals surface area contributed by atoms with E-state index in [-0.39, 0.29) is 52.1 Å². The molecule has 0 aromatic carbocycles. The van der Waals surface area contributed by atoms with Crippen LogP contribution in [0.4, 0.5) is 0 Å². The third-order valence-electron chi connectivity index (χ3n) is 23.0. The molecule has 25 heteroatoms. The molecule has 5 aliphatic carbocycles. The lowest BCUT2D eigenvalue weighted by atomic mass is 9.33. The predicted molar refractivity (Wildman–Crippen MR) is 287 cm³/mol. The number of aliphatic hydroxyl groups is 14. The number of fused-ring (bicyclic) bond motifs is 7. The minimum atomic E-state index is -1.88. The van der Waals surface area contributed by atoms with Gasteiger partial charge in [-0.1, -0.05) is 60.1 Å². The zero-order valence-corrected chi connectivity index (χ0v) is 49.7. The van der Waals surface area contributed by atoms with Gasteiger partial charge in [-0.3, -0.25) is 4.79 Å². The van der Waals surface area contributed by atoms with Crippen LogP contribution in [0.3, 0.4) is 0 Å². The third-order valence-corrected chi connectivity index (χ3v) is 23.0. The monoisotopic (exact) mass is 1200 g/mol. The Hall–Kier alpha value is -1.71. The van der Waals surface area contributed by atoms with Crippen molar-refractivity contribution < 1.29 is 124 Å². The number of allylic oxidation sites excluding steroid dienone is 2. The van der Waals surface area contributed by atoms with Gasteiger partial charge in [-0.05, 0) is 123 Å². The highest BCUT2D eigenvalue weighted by Gasteiger charge is 2.70. The normalized spacial score (nSPS) is 54.6. The molecule has 0 aromatic rings. The van der Waals surface area contributed by atoms with Gasteiger partial charge in [0.15, 0.2) is 25.2 Å². The summed E-state index contributed by atoms with van der Waals surface area (Å²) >= 11 is 0. The van der Waals surface area contributed by atoms with Gasteiger partial charge in [0.2, 0.25) is 6.29 Å². The van der Waals surface area contributed by atoms with Gasteiger partial charge in [-0.15, -0.1) is 0 Å². The quantitative estimate of drug-likeness (QED) is 0.0600. The standard InChI is InChI=1S/C59H96O25/c1-24-34(62)38(66)42(70)49(77-24)82-46-29(21-60)79-48(45(73)41(46)69)76-23-30-37(65)40(68)44(72)51(80-30)84-53(74)59-18-16-54(3,4)20-27(59)26-10-11-32-56(7)14-13-33(55(5,6)31(56)12-15-58(32,9)57(26,8)17-19-59)81-52-47(36(64)28(61)22-75-52)83-50-43(71)39(67)35(63)25(2)78-50/h10,24-25,27-52,60-73H,11-23H2,1-9H3/t24-,25+,27-,28-,29-,30+,31-,32-,33-,34-,35+,36-,37+,38+,39-,40+,41+,42+,43-,44-,45-,46-,47-,48-,49-,50+,51+,52+,56-,57+,58-,59-/m0/s1. The van der Waals surface area contributed by atoms with Gasteiger partial charge < -0.3 is 119 Å². The van der Waals surface area contributed by atoms with Crippen molar-refractivity contribution in [2.24, 2.45) is 50.2 Å². The largest absolute Gasteiger partial charge is 0.432 e. The molecule has 5 saturated heterocycles. The molecule has 25 nitrogen and oxygen atoms in total. The Morgan fingerprint density at radius 3 is 1.76 bits per heavy atom. The number of esters is 1. The first-order valence-electron chi connectivity index (χ1n) is 30.5. The summed E-state index contributed by atoms with van der Waals surface area (Å²) in [5.41, 5.74) is -1.12. The molecule has 0 radical (unpaired) electrons. The van der Waals surface area contributed by atoms with Crippen LogP contribution < -0.4 is 0 Å². The molecule has 5 heterocycles. The number of rotatable bonds is 12. The van der Waals surface area contributed by atoms with Crippen LogP contribution in [-0.2, 0) is 52.2 Å². The number of hydrogen-bond donors (Lipinski definition) is 14. The Kier molecular flexibility index (Phi) is 18.5. The molecule has 9 fully saturated rings. The summed E-state index contributed by atoms with van der Waals surface area (Å²) in [7, 11) is 0. The summed E-state index contributed by atoms with van der Waals surface area (Å²) in [6.07, 6.45) is -27.9. The van der Waals surface area contributed by atoms with Gasteiger partial charge in [0.05, 0.1) is 43.5 Å². The molecule has 0 amide bonds. The van der Waals surface area contributed by atoms with E-state index in [0.717, 1.165) is 25.7 Å². The van der Waals surface area contributed by atoms with Crippen molar-refractivity contribution in [3.05, 3.63) is 11.6 Å². The maximum atomic E-state index is 15.2. The summed E-state index contributed by atoms with van der Waals surface area (Å²) < 4.78 is 59.6. The molecule has 10 aliphatic rings. The van der Waals surface area contributed by atoms with E-state index in [9.17, 15) is 71.5 Å². The van der Waals surface area contributed by atoms with Crippen LogP contribution in [0, 0.1) is 50.2 Å². The number of hydrogen-bond acceptors (Lipinski definition) is 25. The zero-order chi connectivity index (χ0) is 61.3. The van der Waals surface area contributed by atoms with Crippen LogP contribution in [0.2, 0.25) is 0 Å². The van der Waals surface area contributed by atoms with Crippen LogP contribution in [0.1, 0.15) is 127 Å². The van der Waals surface area contributed by atoms with Crippen molar-refractivity contribution in [1.29, 1.82) is 0 Å². The molecule has 482 valence electrons. The summed E-state index contributed by atoms with van der Waals surface area (Å²) in [6.45, 7) is 17.3. The van der Waals surface area contributed by atoms with Crippen molar-refractivity contribution in [2.75, 3.05) is 19.8 Å². The topological polar surface area (TPSA) is 393 Å². The summed E-state index contributed by atoms with van der Waals surface area (Å²) in [4.78, 5) is 15.2. The van der Waals surface area contributed by atoms with Gasteiger partial charge in [-0.2, -0.15) is 0 Å². The van der Waals surface area contributed by atoms with Crippen molar-refractivity contribution in [3.8, 4) is 0 Å². The van der Waals surface area contributed by atoms with Crippen molar-refractivity contribution in [3.63, 3.8) is 0 Å². The van der Waals surface area contributed by atoms with Crippen molar-refractivity contribution in [2.45, 2.75) is 280 Å². The SMILES string of the molecule is C[C@@H]1O[C@@H](O[C@@H]2[C@H](O)[C@H](O)[C@@H](OC[C@H]3O[C@H](OC(=O)[C@]45CCC(C)(C)C[C@H]4C4=CC[C@H]6[C@@]7(C)CC[C@H](O[C@H]8OC[C@H](O)[C@H](O)[C@@H]8O[C@H]8O[C@H](C)[C@@H](O)[C@H](O)[C@@H]8O)C(C)(C)[C@@H]7CC[C@]6(C)[C@]4(C)CC5)[C@@H](O)[C@H](O)[C@@H]3O)O[C@H]2CO)[C@H](O)[C@H](O)[C@H]1O. The lowest BCUT2D eigenvalue weighted by Crippen LogP contribution is -2.66. The minimum absolute atomic E-state index is 0.150. The summed E-state index contributed by atoms with van der Waals surface area (Å²) in [5.74, 6) is -0.449. The number of carbonyl (C=O) groups excluding carboxylic acids is 1. The molecule has 84 heavy (non-hydrogen) atoms. The van der Waals surface area contributed by atoms with Crippen LogP contribution in [-0.4, -0.2) is 251 Å². The molecule has 32 atom stereocenters. The first-order valence-corrected chi connectivity index (χ1v) is 30.5. The van der Waals surface area contributed by atoms with Gasteiger partial charge >= 0.3 is 5.97 Å². The molecule has 5 aliphatic heterocycles. The molecule has 4 saturated carbocycles. The van der Waals surface area contributed by atoms with Gasteiger partial charge in [0, 0.05) is 0 Å². The molecule has 0 bridgehead atoms. The van der Waals surface area contributed by atoms with Crippen LogP contribution in [0.25, 0.3) is 0 Å². The third kappa shape index (κ3) is 10.9. The van der Waals surface area contributed by atoms with Gasteiger partial charge in [0.1, 0.15) is 104 Å². The number of carbonyl (C=O) groups is 1. The van der Waals surface area contributed by atoms with Crippen molar-refractivity contribution >= 4 is 5.97 Å². The lowest BCUT2D eigenvalue weighted by molar-refractivity contribution is -0.364. The number of aliphatic hydroxyl groups excluding tert-OH is 14. The maximum absolute atomic E-state index is 15.2. The molecular weight excluding hydrogens is 1110 g/mol. The van der Waals surface area contributed by atoms with Crippen LogP contribution in [0.15, 0.2) is 11.6 Å². The summed E-state index contributed by atoms with van der Waals surface area (Å²) in [5, 5.41) is 151. The number of ether oxygens (including phenoxy) is 10.